The summed E-state index contributed by atoms with van der Waals surface area (Å²) in [6.07, 6.45) is 0.543. The lowest BCUT2D eigenvalue weighted by atomic mass is 9.99. The van der Waals surface area contributed by atoms with Gasteiger partial charge in [-0.2, -0.15) is 0 Å². The molecule has 0 saturated carbocycles. The molecule has 1 aromatic carbocycles. The molecule has 106 valence electrons. The zero-order chi connectivity index (χ0) is 13.9. The van der Waals surface area contributed by atoms with E-state index in [1.54, 1.807) is 4.90 Å². The zero-order valence-electron chi connectivity index (χ0n) is 11.2. The molecule has 20 heavy (non-hydrogen) atoms. The van der Waals surface area contributed by atoms with Crippen LogP contribution in [0.25, 0.3) is 0 Å². The summed E-state index contributed by atoms with van der Waals surface area (Å²) >= 11 is 0. The third-order valence-corrected chi connectivity index (χ3v) is 3.64. The molecule has 2 aliphatic heterocycles. The van der Waals surface area contributed by atoms with Gasteiger partial charge < -0.3 is 16.0 Å². The number of nitrogens with zero attached hydrogens (tertiary/aromatic N) is 1. The normalized spacial score (nSPS) is 18.6. The molecule has 2 aliphatic rings. The van der Waals surface area contributed by atoms with Crippen molar-refractivity contribution in [3.63, 3.8) is 0 Å². The van der Waals surface area contributed by atoms with Gasteiger partial charge in [0.1, 0.15) is 0 Å². The number of rotatable bonds is 4. The standard InChI is InChI=1S/C14H18N4O2/c19-13(6-10-8-15-9-10)17-11-2-1-3-12(7-11)18-5-4-16-14(18)20/h1-3,7,10,15H,4-6,8-9H2,(H,16,20)(H,17,19). The molecule has 6 heteroatoms. The van der Waals surface area contributed by atoms with Crippen molar-refractivity contribution in [1.82, 2.24) is 10.6 Å². The van der Waals surface area contributed by atoms with Crippen LogP contribution in [0.3, 0.4) is 0 Å². The van der Waals surface area contributed by atoms with Gasteiger partial charge in [0.15, 0.2) is 0 Å². The van der Waals surface area contributed by atoms with Gasteiger partial charge in [0, 0.05) is 30.9 Å². The molecule has 0 radical (unpaired) electrons. The summed E-state index contributed by atoms with van der Waals surface area (Å²) in [5.74, 6) is 0.474. The van der Waals surface area contributed by atoms with Crippen molar-refractivity contribution in [3.8, 4) is 0 Å². The predicted molar refractivity (Wildman–Crippen MR) is 76.8 cm³/mol. The Morgan fingerprint density at radius 1 is 1.40 bits per heavy atom. The second-order valence-electron chi connectivity index (χ2n) is 5.21. The second kappa shape index (κ2) is 5.50. The lowest BCUT2D eigenvalue weighted by Crippen LogP contribution is -2.43. The number of nitrogens with one attached hydrogen (secondary N) is 3. The van der Waals surface area contributed by atoms with E-state index in [9.17, 15) is 9.59 Å². The number of carbonyl (C=O) groups excluding carboxylic acids is 2. The highest BCUT2D eigenvalue weighted by atomic mass is 16.2. The van der Waals surface area contributed by atoms with E-state index in [-0.39, 0.29) is 11.9 Å². The molecule has 2 saturated heterocycles. The molecule has 2 heterocycles. The molecule has 0 spiro atoms. The molecule has 0 bridgehead atoms. The number of anilines is 2. The highest BCUT2D eigenvalue weighted by Gasteiger charge is 2.22. The van der Waals surface area contributed by atoms with Crippen LogP contribution in [0.2, 0.25) is 0 Å². The smallest absolute Gasteiger partial charge is 0.321 e. The monoisotopic (exact) mass is 274 g/mol. The molecule has 0 atom stereocenters. The van der Waals surface area contributed by atoms with Crippen molar-refractivity contribution in [2.75, 3.05) is 36.4 Å². The van der Waals surface area contributed by atoms with E-state index in [2.05, 4.69) is 16.0 Å². The Hall–Kier alpha value is -2.08. The van der Waals surface area contributed by atoms with Crippen LogP contribution in [-0.4, -0.2) is 38.1 Å². The Morgan fingerprint density at radius 3 is 2.90 bits per heavy atom. The van der Waals surface area contributed by atoms with Crippen LogP contribution in [0.1, 0.15) is 6.42 Å². The van der Waals surface area contributed by atoms with Crippen LogP contribution in [-0.2, 0) is 4.79 Å². The summed E-state index contributed by atoms with van der Waals surface area (Å²) in [6, 6.07) is 7.31. The van der Waals surface area contributed by atoms with Crippen LogP contribution in [0.5, 0.6) is 0 Å². The van der Waals surface area contributed by atoms with Gasteiger partial charge in [-0.15, -0.1) is 0 Å². The summed E-state index contributed by atoms with van der Waals surface area (Å²) in [5.41, 5.74) is 1.54. The van der Waals surface area contributed by atoms with Crippen LogP contribution < -0.4 is 20.9 Å². The number of benzene rings is 1. The number of amides is 3. The van der Waals surface area contributed by atoms with E-state index in [0.717, 1.165) is 24.5 Å². The predicted octanol–water partition coefficient (Wildman–Crippen LogP) is 0.764. The third-order valence-electron chi connectivity index (χ3n) is 3.64. The highest BCUT2D eigenvalue weighted by molar-refractivity contribution is 5.96. The molecule has 3 amide bonds. The molecule has 0 unspecified atom stereocenters. The average Bonchev–Trinajstić information content (AvgIpc) is 2.81. The molecule has 3 N–H and O–H groups in total. The molecule has 0 aliphatic carbocycles. The van der Waals surface area contributed by atoms with Gasteiger partial charge in [0.2, 0.25) is 5.91 Å². The lowest BCUT2D eigenvalue weighted by Gasteiger charge is -2.26. The number of urea groups is 1. The molecule has 2 fully saturated rings. The van der Waals surface area contributed by atoms with Gasteiger partial charge in [-0.3, -0.25) is 9.69 Å². The van der Waals surface area contributed by atoms with Crippen molar-refractivity contribution in [1.29, 1.82) is 0 Å². The third kappa shape index (κ3) is 2.75. The van der Waals surface area contributed by atoms with E-state index in [0.29, 0.717) is 25.4 Å². The molecule has 1 aromatic rings. The summed E-state index contributed by atoms with van der Waals surface area (Å²) in [6.45, 7) is 3.15. The van der Waals surface area contributed by atoms with Crippen LogP contribution in [0.15, 0.2) is 24.3 Å². The van der Waals surface area contributed by atoms with Crippen molar-refractivity contribution < 1.29 is 9.59 Å². The Bertz CT molecular complexity index is 528. The van der Waals surface area contributed by atoms with Gasteiger partial charge in [-0.1, -0.05) is 6.07 Å². The van der Waals surface area contributed by atoms with Crippen molar-refractivity contribution >= 4 is 23.3 Å². The quantitative estimate of drug-likeness (QED) is 0.759. The fourth-order valence-corrected chi connectivity index (χ4v) is 2.44. The van der Waals surface area contributed by atoms with Gasteiger partial charge in [0.05, 0.1) is 0 Å². The minimum absolute atomic E-state index is 0.0273. The van der Waals surface area contributed by atoms with E-state index in [4.69, 9.17) is 0 Å². The van der Waals surface area contributed by atoms with Crippen molar-refractivity contribution in [3.05, 3.63) is 24.3 Å². The second-order valence-corrected chi connectivity index (χ2v) is 5.21. The van der Waals surface area contributed by atoms with Crippen molar-refractivity contribution in [2.24, 2.45) is 5.92 Å². The van der Waals surface area contributed by atoms with Gasteiger partial charge in [-0.05, 0) is 37.2 Å². The van der Waals surface area contributed by atoms with Crippen LogP contribution >= 0.6 is 0 Å². The minimum Gasteiger partial charge on any atom is -0.336 e. The fourth-order valence-electron chi connectivity index (χ4n) is 2.44. The summed E-state index contributed by atoms with van der Waals surface area (Å²) in [4.78, 5) is 25.2. The molecular weight excluding hydrogens is 256 g/mol. The average molecular weight is 274 g/mol. The number of carbonyl (C=O) groups is 2. The zero-order valence-corrected chi connectivity index (χ0v) is 11.2. The van der Waals surface area contributed by atoms with Gasteiger partial charge in [-0.25, -0.2) is 4.79 Å². The van der Waals surface area contributed by atoms with E-state index in [1.165, 1.54) is 0 Å². The van der Waals surface area contributed by atoms with Crippen molar-refractivity contribution in [2.45, 2.75) is 6.42 Å². The van der Waals surface area contributed by atoms with E-state index >= 15 is 0 Å². The Balaban J connectivity index is 1.64. The first kappa shape index (κ1) is 12.9. The Morgan fingerprint density at radius 2 is 2.25 bits per heavy atom. The summed E-state index contributed by atoms with van der Waals surface area (Å²) in [7, 11) is 0. The Labute approximate surface area is 117 Å². The molecular formula is C14H18N4O2. The lowest BCUT2D eigenvalue weighted by molar-refractivity contribution is -0.117. The maximum Gasteiger partial charge on any atom is 0.321 e. The highest BCUT2D eigenvalue weighted by Crippen LogP contribution is 2.21. The van der Waals surface area contributed by atoms with Crippen LogP contribution in [0, 0.1) is 5.92 Å². The summed E-state index contributed by atoms with van der Waals surface area (Å²) in [5, 5.41) is 8.81. The van der Waals surface area contributed by atoms with E-state index in [1.807, 2.05) is 24.3 Å². The number of hydrogen-bond donors (Lipinski definition) is 3. The maximum atomic E-state index is 11.9. The first-order chi connectivity index (χ1) is 9.72. The topological polar surface area (TPSA) is 73.5 Å². The first-order valence-corrected chi connectivity index (χ1v) is 6.88. The van der Waals surface area contributed by atoms with Gasteiger partial charge >= 0.3 is 6.03 Å². The largest absolute Gasteiger partial charge is 0.336 e. The number of hydrogen-bond acceptors (Lipinski definition) is 3. The maximum absolute atomic E-state index is 11.9. The Kier molecular flexibility index (Phi) is 3.56. The molecule has 0 aromatic heterocycles. The summed E-state index contributed by atoms with van der Waals surface area (Å²) < 4.78 is 0. The van der Waals surface area contributed by atoms with E-state index < -0.39 is 0 Å². The molecule has 6 nitrogen and oxygen atoms in total. The van der Waals surface area contributed by atoms with Gasteiger partial charge in [0.25, 0.3) is 0 Å². The SMILES string of the molecule is O=C(CC1CNC1)Nc1cccc(N2CCNC2=O)c1. The van der Waals surface area contributed by atoms with Crippen LogP contribution in [0.4, 0.5) is 16.2 Å². The fraction of sp³-hybridized carbons (Fsp3) is 0.429. The first-order valence-electron chi connectivity index (χ1n) is 6.88. The minimum atomic E-state index is -0.0889. The molecule has 3 rings (SSSR count).